The maximum atomic E-state index is 14.3. The number of aliphatic hydroxyl groups is 3. The van der Waals surface area contributed by atoms with Gasteiger partial charge in [0.05, 0.1) is 30.5 Å². The predicted molar refractivity (Wildman–Crippen MR) is 208 cm³/mol. The fourth-order valence-electron chi connectivity index (χ4n) is 9.39. The number of hydrogen-bond acceptors (Lipinski definition) is 12. The molecule has 1 saturated carbocycles. The minimum absolute atomic E-state index is 0.000914. The summed E-state index contributed by atoms with van der Waals surface area (Å²) < 4.78 is 29.7. The van der Waals surface area contributed by atoms with Crippen LogP contribution in [0, 0.1) is 29.6 Å². The van der Waals surface area contributed by atoms with Crippen molar-refractivity contribution in [3.63, 3.8) is 0 Å². The highest BCUT2D eigenvalue weighted by molar-refractivity contribution is 6.39. The Morgan fingerprint density at radius 2 is 1.57 bits per heavy atom. The van der Waals surface area contributed by atoms with E-state index in [9.17, 15) is 34.5 Å². The summed E-state index contributed by atoms with van der Waals surface area (Å²) in [6.45, 7) is 11.3. The van der Waals surface area contributed by atoms with E-state index in [1.807, 2.05) is 32.9 Å². The summed E-state index contributed by atoms with van der Waals surface area (Å²) >= 11 is 0. The van der Waals surface area contributed by atoms with Crippen molar-refractivity contribution < 1.29 is 58.2 Å². The lowest BCUT2D eigenvalue weighted by molar-refractivity contribution is -0.302. The maximum absolute atomic E-state index is 14.3. The molecule has 318 valence electrons. The van der Waals surface area contributed by atoms with Crippen LogP contribution in [0.25, 0.3) is 0 Å². The van der Waals surface area contributed by atoms with Crippen LogP contribution in [0.2, 0.25) is 0 Å². The fraction of sp³-hybridized carbons (Fsp3) is 0.814. The van der Waals surface area contributed by atoms with Crippen LogP contribution in [-0.2, 0) is 42.9 Å². The molecule has 0 spiro atoms. The molecule has 0 aromatic carbocycles. The van der Waals surface area contributed by atoms with Crippen molar-refractivity contribution in [1.29, 1.82) is 0 Å². The van der Waals surface area contributed by atoms with Crippen LogP contribution in [-0.4, -0.2) is 126 Å². The lowest BCUT2D eigenvalue weighted by Crippen LogP contribution is -2.64. The minimum atomic E-state index is -2.50. The Morgan fingerprint density at radius 1 is 0.911 bits per heavy atom. The molecule has 56 heavy (non-hydrogen) atoms. The van der Waals surface area contributed by atoms with Crippen molar-refractivity contribution in [2.24, 2.45) is 29.6 Å². The third-order valence-electron chi connectivity index (χ3n) is 12.9. The van der Waals surface area contributed by atoms with Crippen molar-refractivity contribution in [1.82, 2.24) is 4.90 Å². The van der Waals surface area contributed by atoms with E-state index >= 15 is 0 Å². The van der Waals surface area contributed by atoms with Gasteiger partial charge < -0.3 is 43.9 Å². The number of hydrogen-bond donors (Lipinski definition) is 3. The molecule has 1 aliphatic carbocycles. The monoisotopic (exact) mass is 791 g/mol. The van der Waals surface area contributed by atoms with Gasteiger partial charge in [-0.2, -0.15) is 0 Å². The van der Waals surface area contributed by atoms with E-state index in [4.69, 9.17) is 23.7 Å². The molecule has 4 aliphatic rings. The van der Waals surface area contributed by atoms with Crippen LogP contribution < -0.4 is 0 Å². The molecule has 2 bridgehead atoms. The molecule has 13 heteroatoms. The van der Waals surface area contributed by atoms with E-state index in [1.54, 1.807) is 21.0 Å². The zero-order valence-corrected chi connectivity index (χ0v) is 35.1. The first-order valence-corrected chi connectivity index (χ1v) is 20.8. The SMILES string of the molecule is CC[C@@H]1/C=C(\C)C[C@H](C)CC(OC)[C@H]2OC(O)(C(=O)C(=O)N3CCCC[C@H]3C(=O)O[C@H](/C(C)=C/[C@@H]3CC[C@@H](O)[C@H](OC)C3)[C@H](C)[C@@H](O)CC1=O)[C@@H](C)C[C@@H]2OC. The van der Waals surface area contributed by atoms with Gasteiger partial charge in [-0.15, -0.1) is 0 Å². The van der Waals surface area contributed by atoms with E-state index in [0.29, 0.717) is 56.9 Å². The van der Waals surface area contributed by atoms with E-state index in [-0.39, 0.29) is 49.5 Å². The van der Waals surface area contributed by atoms with Gasteiger partial charge in [0.1, 0.15) is 24.0 Å². The number of ether oxygens (including phenoxy) is 5. The topological polar surface area (TPSA) is 178 Å². The second-order valence-corrected chi connectivity index (χ2v) is 17.2. The zero-order valence-electron chi connectivity index (χ0n) is 35.1. The number of Topliss-reactive ketones (excluding diaryl/α,β-unsaturated/α-hetero) is 2. The predicted octanol–water partition coefficient (Wildman–Crippen LogP) is 4.47. The Labute approximate surface area is 333 Å². The van der Waals surface area contributed by atoms with E-state index in [1.165, 1.54) is 19.1 Å². The van der Waals surface area contributed by atoms with Crippen molar-refractivity contribution in [3.8, 4) is 0 Å². The number of ketones is 2. The number of nitrogens with zero attached hydrogens (tertiary/aromatic N) is 1. The molecule has 13 nitrogen and oxygen atoms in total. The van der Waals surface area contributed by atoms with E-state index < -0.39 is 83.9 Å². The van der Waals surface area contributed by atoms with Gasteiger partial charge in [-0.3, -0.25) is 14.4 Å². The number of carbonyl (C=O) groups excluding carboxylic acids is 4. The lowest BCUT2D eigenvalue weighted by Gasteiger charge is -2.47. The first-order chi connectivity index (χ1) is 26.5. The number of amides is 1. The summed E-state index contributed by atoms with van der Waals surface area (Å²) in [6.07, 6.45) is 3.72. The third kappa shape index (κ3) is 10.7. The molecule has 3 heterocycles. The second-order valence-electron chi connectivity index (χ2n) is 17.2. The number of methoxy groups -OCH3 is 3. The largest absolute Gasteiger partial charge is 0.456 e. The summed E-state index contributed by atoms with van der Waals surface area (Å²) in [5, 5.41) is 34.1. The number of piperidine rings is 1. The molecule has 1 amide bonds. The Bertz CT molecular complexity index is 1430. The Hall–Kier alpha value is -2.52. The molecule has 0 aromatic heterocycles. The quantitative estimate of drug-likeness (QED) is 0.196. The first kappa shape index (κ1) is 46.2. The van der Waals surface area contributed by atoms with Crippen molar-refractivity contribution >= 4 is 23.4 Å². The highest BCUT2D eigenvalue weighted by atomic mass is 16.7. The number of fused-ring (bicyclic) bond motifs is 3. The molecule has 3 fully saturated rings. The smallest absolute Gasteiger partial charge is 0.329 e. The van der Waals surface area contributed by atoms with Gasteiger partial charge in [0.2, 0.25) is 5.79 Å². The standard InChI is InChI=1S/C43H69NO12/c1-10-30-18-24(2)17-25(3)19-36(53-8)39-37(54-9)21-27(5)43(51,56-39)40(48)41(49)44-16-12-11-13-31(44)42(50)55-38(28(6)33(46)23-34(30)47)26(4)20-29-14-15-32(45)35(22-29)52-7/h18,20,25,27-33,35-39,45-46,51H,10-17,19,21-23H2,1-9H3/b24-18+,26-20+/t25-,27-,28+,29-,30+,31-,32+,33-,35+,36?,37-,38+,39+,43?/m0/s1. The number of allylic oxidation sites excluding steroid dienone is 3. The van der Waals surface area contributed by atoms with Gasteiger partial charge in [-0.05, 0) is 95.5 Å². The Balaban J connectivity index is 1.76. The maximum Gasteiger partial charge on any atom is 0.329 e. The van der Waals surface area contributed by atoms with Gasteiger partial charge in [0.15, 0.2) is 0 Å². The number of rotatable bonds is 6. The average molecular weight is 792 g/mol. The van der Waals surface area contributed by atoms with Crippen molar-refractivity contribution in [2.75, 3.05) is 27.9 Å². The molecule has 0 aromatic rings. The average Bonchev–Trinajstić information content (AvgIpc) is 3.18. The van der Waals surface area contributed by atoms with Gasteiger partial charge in [-0.25, -0.2) is 4.79 Å². The molecule has 0 radical (unpaired) electrons. The zero-order chi connectivity index (χ0) is 41.5. The minimum Gasteiger partial charge on any atom is -0.456 e. The number of aliphatic hydroxyl groups excluding tert-OH is 2. The fourth-order valence-corrected chi connectivity index (χ4v) is 9.39. The highest BCUT2D eigenvalue weighted by Gasteiger charge is 2.56. The van der Waals surface area contributed by atoms with Crippen LogP contribution in [0.5, 0.6) is 0 Å². The van der Waals surface area contributed by atoms with Crippen LogP contribution in [0.15, 0.2) is 23.3 Å². The Kier molecular flexibility index (Phi) is 16.9. The second kappa shape index (κ2) is 20.4. The number of cyclic esters (lactones) is 1. The highest BCUT2D eigenvalue weighted by Crippen LogP contribution is 2.39. The first-order valence-electron chi connectivity index (χ1n) is 20.8. The summed E-state index contributed by atoms with van der Waals surface area (Å²) in [7, 11) is 4.63. The van der Waals surface area contributed by atoms with Crippen molar-refractivity contribution in [2.45, 2.75) is 167 Å². The van der Waals surface area contributed by atoms with Crippen LogP contribution in [0.1, 0.15) is 112 Å². The lowest BCUT2D eigenvalue weighted by atomic mass is 9.81. The molecule has 2 saturated heterocycles. The van der Waals surface area contributed by atoms with Crippen LogP contribution in [0.4, 0.5) is 0 Å². The molecular weight excluding hydrogens is 722 g/mol. The summed E-state index contributed by atoms with van der Waals surface area (Å²) in [4.78, 5) is 57.6. The van der Waals surface area contributed by atoms with Gasteiger partial charge >= 0.3 is 5.97 Å². The van der Waals surface area contributed by atoms with Gasteiger partial charge in [0.25, 0.3) is 11.7 Å². The summed E-state index contributed by atoms with van der Waals surface area (Å²) in [5.41, 5.74) is 1.66. The van der Waals surface area contributed by atoms with E-state index in [2.05, 4.69) is 6.92 Å². The normalized spacial score (nSPS) is 41.6. The number of carbonyl (C=O) groups is 4. The summed E-state index contributed by atoms with van der Waals surface area (Å²) in [5.74, 6) is -7.50. The molecule has 4 rings (SSSR count). The van der Waals surface area contributed by atoms with Gasteiger partial charge in [0, 0.05) is 52.0 Å². The molecule has 2 unspecified atom stereocenters. The van der Waals surface area contributed by atoms with E-state index in [0.717, 1.165) is 5.57 Å². The molecule has 3 N–H and O–H groups in total. The third-order valence-corrected chi connectivity index (χ3v) is 12.9. The number of esters is 1. The summed E-state index contributed by atoms with van der Waals surface area (Å²) in [6, 6.07) is -1.13. The molecular formula is C43H69NO12. The van der Waals surface area contributed by atoms with Crippen molar-refractivity contribution in [3.05, 3.63) is 23.3 Å². The molecule has 3 aliphatic heterocycles. The Morgan fingerprint density at radius 3 is 2.21 bits per heavy atom. The van der Waals surface area contributed by atoms with Crippen LogP contribution in [0.3, 0.4) is 0 Å². The molecule has 14 atom stereocenters. The van der Waals surface area contributed by atoms with Gasteiger partial charge in [-0.1, -0.05) is 45.4 Å². The van der Waals surface area contributed by atoms with Crippen LogP contribution >= 0.6 is 0 Å².